The van der Waals surface area contributed by atoms with E-state index < -0.39 is 0 Å². The third-order valence-electron chi connectivity index (χ3n) is 3.94. The largest absolute Gasteiger partial charge is 0.508 e. The Labute approximate surface area is 118 Å². The number of aryl methyl sites for hydroxylation is 1. The molecular formula is C17H29NO. The number of rotatable bonds is 8. The van der Waals surface area contributed by atoms with Crippen molar-refractivity contribution in [3.8, 4) is 5.75 Å². The molecule has 0 aliphatic heterocycles. The van der Waals surface area contributed by atoms with Gasteiger partial charge in [-0.15, -0.1) is 0 Å². The SMILES string of the molecule is CCC(CC)CCCc1cccc(O)c1CN(C)C. The molecule has 0 fully saturated rings. The van der Waals surface area contributed by atoms with Crippen molar-refractivity contribution >= 4 is 0 Å². The lowest BCUT2D eigenvalue weighted by molar-refractivity contribution is 0.382. The molecule has 0 spiro atoms. The molecule has 0 amide bonds. The van der Waals surface area contributed by atoms with Crippen molar-refractivity contribution in [2.45, 2.75) is 52.5 Å². The third kappa shape index (κ3) is 5.23. The summed E-state index contributed by atoms with van der Waals surface area (Å²) in [5.74, 6) is 1.29. The minimum Gasteiger partial charge on any atom is -0.508 e. The summed E-state index contributed by atoms with van der Waals surface area (Å²) in [6, 6.07) is 5.91. The summed E-state index contributed by atoms with van der Waals surface area (Å²) >= 11 is 0. The highest BCUT2D eigenvalue weighted by atomic mass is 16.3. The molecule has 0 atom stereocenters. The van der Waals surface area contributed by atoms with Gasteiger partial charge in [0.05, 0.1) is 0 Å². The van der Waals surface area contributed by atoms with Gasteiger partial charge in [0, 0.05) is 12.1 Å². The Morgan fingerprint density at radius 1 is 1.16 bits per heavy atom. The Kier molecular flexibility index (Phi) is 6.93. The predicted octanol–water partition coefficient (Wildman–Crippen LogP) is 4.21. The molecule has 1 aromatic rings. The molecule has 19 heavy (non-hydrogen) atoms. The van der Waals surface area contributed by atoms with Gasteiger partial charge in [0.1, 0.15) is 5.75 Å². The van der Waals surface area contributed by atoms with Crippen LogP contribution in [0.5, 0.6) is 5.75 Å². The lowest BCUT2D eigenvalue weighted by Gasteiger charge is -2.17. The smallest absolute Gasteiger partial charge is 0.120 e. The van der Waals surface area contributed by atoms with Gasteiger partial charge in [-0.1, -0.05) is 45.2 Å². The van der Waals surface area contributed by atoms with E-state index in [0.717, 1.165) is 24.4 Å². The van der Waals surface area contributed by atoms with E-state index in [1.54, 1.807) is 6.07 Å². The van der Waals surface area contributed by atoms with Gasteiger partial charge in [-0.2, -0.15) is 0 Å². The minimum atomic E-state index is 0.439. The Morgan fingerprint density at radius 3 is 2.42 bits per heavy atom. The number of aromatic hydroxyl groups is 1. The van der Waals surface area contributed by atoms with Crippen LogP contribution in [0.15, 0.2) is 18.2 Å². The molecule has 0 saturated heterocycles. The average Bonchev–Trinajstić information content (AvgIpc) is 2.38. The van der Waals surface area contributed by atoms with Crippen molar-refractivity contribution in [3.05, 3.63) is 29.3 Å². The summed E-state index contributed by atoms with van der Waals surface area (Å²) < 4.78 is 0. The molecule has 1 rings (SSSR count). The van der Waals surface area contributed by atoms with Gasteiger partial charge in [-0.25, -0.2) is 0 Å². The Morgan fingerprint density at radius 2 is 1.84 bits per heavy atom. The van der Waals surface area contributed by atoms with Crippen LogP contribution in [0.2, 0.25) is 0 Å². The highest BCUT2D eigenvalue weighted by molar-refractivity contribution is 5.39. The Balaban J connectivity index is 2.64. The van der Waals surface area contributed by atoms with Gasteiger partial charge < -0.3 is 10.0 Å². The third-order valence-corrected chi connectivity index (χ3v) is 3.94. The van der Waals surface area contributed by atoms with Crippen molar-refractivity contribution in [1.82, 2.24) is 4.90 Å². The fourth-order valence-corrected chi connectivity index (χ4v) is 2.63. The number of nitrogens with zero attached hydrogens (tertiary/aromatic N) is 1. The molecular weight excluding hydrogens is 234 g/mol. The molecule has 0 aromatic heterocycles. The van der Waals surface area contributed by atoms with Crippen LogP contribution in [-0.2, 0) is 13.0 Å². The van der Waals surface area contributed by atoms with Crippen LogP contribution >= 0.6 is 0 Å². The Bertz CT molecular complexity index is 370. The van der Waals surface area contributed by atoms with E-state index in [4.69, 9.17) is 0 Å². The predicted molar refractivity (Wildman–Crippen MR) is 82.5 cm³/mol. The van der Waals surface area contributed by atoms with E-state index in [1.165, 1.54) is 31.2 Å². The van der Waals surface area contributed by atoms with E-state index >= 15 is 0 Å². The first kappa shape index (κ1) is 16.0. The summed E-state index contributed by atoms with van der Waals surface area (Å²) in [5.41, 5.74) is 2.40. The zero-order chi connectivity index (χ0) is 14.3. The molecule has 0 aliphatic carbocycles. The van der Waals surface area contributed by atoms with Gasteiger partial charge >= 0.3 is 0 Å². The van der Waals surface area contributed by atoms with Crippen molar-refractivity contribution in [2.75, 3.05) is 14.1 Å². The van der Waals surface area contributed by atoms with E-state index in [9.17, 15) is 5.11 Å². The summed E-state index contributed by atoms with van der Waals surface area (Å²) in [4.78, 5) is 2.11. The monoisotopic (exact) mass is 263 g/mol. The number of hydrogen-bond acceptors (Lipinski definition) is 2. The average molecular weight is 263 g/mol. The van der Waals surface area contributed by atoms with E-state index in [-0.39, 0.29) is 0 Å². The second-order valence-corrected chi connectivity index (χ2v) is 5.73. The van der Waals surface area contributed by atoms with Crippen LogP contribution in [0.4, 0.5) is 0 Å². The molecule has 0 unspecified atom stereocenters. The molecule has 0 saturated carbocycles. The second kappa shape index (κ2) is 8.21. The standard InChI is InChI=1S/C17H29NO/c1-5-14(6-2)9-7-10-15-11-8-12-17(19)16(15)13-18(3)4/h8,11-12,14,19H,5-7,9-10,13H2,1-4H3. The molecule has 2 nitrogen and oxygen atoms in total. The number of hydrogen-bond donors (Lipinski definition) is 1. The van der Waals surface area contributed by atoms with Crippen molar-refractivity contribution < 1.29 is 5.11 Å². The molecule has 0 heterocycles. The maximum Gasteiger partial charge on any atom is 0.120 e. The topological polar surface area (TPSA) is 23.5 Å². The lowest BCUT2D eigenvalue weighted by Crippen LogP contribution is -2.12. The summed E-state index contributed by atoms with van der Waals surface area (Å²) in [6.07, 6.45) is 6.15. The van der Waals surface area contributed by atoms with Crippen LogP contribution in [0.25, 0.3) is 0 Å². The van der Waals surface area contributed by atoms with Gasteiger partial charge in [0.15, 0.2) is 0 Å². The van der Waals surface area contributed by atoms with Gasteiger partial charge in [0.25, 0.3) is 0 Å². The van der Waals surface area contributed by atoms with Crippen LogP contribution in [0.1, 0.15) is 50.7 Å². The number of benzene rings is 1. The van der Waals surface area contributed by atoms with E-state index in [0.29, 0.717) is 5.75 Å². The van der Waals surface area contributed by atoms with Crippen LogP contribution in [-0.4, -0.2) is 24.1 Å². The fraction of sp³-hybridized carbons (Fsp3) is 0.647. The second-order valence-electron chi connectivity index (χ2n) is 5.73. The van der Waals surface area contributed by atoms with Crippen molar-refractivity contribution in [3.63, 3.8) is 0 Å². The fourth-order valence-electron chi connectivity index (χ4n) is 2.63. The maximum atomic E-state index is 10.0. The van der Waals surface area contributed by atoms with Gasteiger partial charge in [-0.05, 0) is 44.5 Å². The first-order chi connectivity index (χ1) is 9.08. The van der Waals surface area contributed by atoms with E-state index in [2.05, 4.69) is 24.8 Å². The molecule has 0 bridgehead atoms. The van der Waals surface area contributed by atoms with Gasteiger partial charge in [0.2, 0.25) is 0 Å². The zero-order valence-electron chi connectivity index (χ0n) is 12.9. The zero-order valence-corrected chi connectivity index (χ0v) is 12.9. The normalized spacial score (nSPS) is 11.5. The molecule has 1 aromatic carbocycles. The van der Waals surface area contributed by atoms with E-state index in [1.807, 2.05) is 20.2 Å². The number of phenolic OH excluding ortho intramolecular Hbond substituents is 1. The molecule has 0 radical (unpaired) electrons. The van der Waals surface area contributed by atoms with Crippen LogP contribution in [0.3, 0.4) is 0 Å². The van der Waals surface area contributed by atoms with Gasteiger partial charge in [-0.3, -0.25) is 0 Å². The quantitative estimate of drug-likeness (QED) is 0.759. The van der Waals surface area contributed by atoms with Crippen molar-refractivity contribution in [1.29, 1.82) is 0 Å². The van der Waals surface area contributed by atoms with Crippen LogP contribution in [0, 0.1) is 5.92 Å². The molecule has 0 aliphatic rings. The minimum absolute atomic E-state index is 0.439. The van der Waals surface area contributed by atoms with Crippen molar-refractivity contribution in [2.24, 2.45) is 5.92 Å². The first-order valence-electron chi connectivity index (χ1n) is 7.52. The summed E-state index contributed by atoms with van der Waals surface area (Å²) in [6.45, 7) is 5.37. The molecule has 108 valence electrons. The summed E-state index contributed by atoms with van der Waals surface area (Å²) in [7, 11) is 4.08. The summed E-state index contributed by atoms with van der Waals surface area (Å²) in [5, 5.41) is 10.0. The first-order valence-corrected chi connectivity index (χ1v) is 7.52. The highest BCUT2D eigenvalue weighted by Crippen LogP contribution is 2.25. The lowest BCUT2D eigenvalue weighted by atomic mass is 9.93. The molecule has 1 N–H and O–H groups in total. The Hall–Kier alpha value is -1.02. The highest BCUT2D eigenvalue weighted by Gasteiger charge is 2.10. The van der Waals surface area contributed by atoms with Crippen LogP contribution < -0.4 is 0 Å². The number of phenols is 1. The maximum absolute atomic E-state index is 10.0. The molecule has 2 heteroatoms.